The van der Waals surface area contributed by atoms with E-state index in [1.165, 1.54) is 30.3 Å². The second-order valence-electron chi connectivity index (χ2n) is 9.34. The molecule has 1 aliphatic carbocycles. The first-order valence-electron chi connectivity index (χ1n) is 12.5. The number of sulfone groups is 1. The summed E-state index contributed by atoms with van der Waals surface area (Å²) < 4.78 is 73.5. The molecule has 3 rings (SSSR count). The number of hydrogen-bond acceptors (Lipinski definition) is 7. The number of benzene rings is 2. The molecule has 39 heavy (non-hydrogen) atoms. The summed E-state index contributed by atoms with van der Waals surface area (Å²) in [7, 11) is -4.37. The molecule has 0 aliphatic heterocycles. The Balaban J connectivity index is 1.79. The molecule has 1 saturated carbocycles. The van der Waals surface area contributed by atoms with Gasteiger partial charge >= 0.3 is 6.36 Å². The van der Waals surface area contributed by atoms with E-state index >= 15 is 0 Å². The number of carbonyl (C=O) groups is 1. The van der Waals surface area contributed by atoms with Crippen LogP contribution in [0.4, 0.5) is 13.2 Å². The molecule has 1 aliphatic rings. The van der Waals surface area contributed by atoms with Crippen molar-refractivity contribution >= 4 is 26.4 Å². The summed E-state index contributed by atoms with van der Waals surface area (Å²) in [6.07, 6.45) is 0.135. The first kappa shape index (κ1) is 30.1. The van der Waals surface area contributed by atoms with Gasteiger partial charge in [-0.3, -0.25) is 10.2 Å². The van der Waals surface area contributed by atoms with E-state index in [0.717, 1.165) is 37.8 Å². The lowest BCUT2D eigenvalue weighted by molar-refractivity contribution is -0.274. The van der Waals surface area contributed by atoms with Gasteiger partial charge in [0.15, 0.2) is 5.78 Å². The molecule has 0 heterocycles. The van der Waals surface area contributed by atoms with Gasteiger partial charge in [0, 0.05) is 18.8 Å². The summed E-state index contributed by atoms with van der Waals surface area (Å²) >= 11 is 0. The minimum Gasteiger partial charge on any atom is -0.492 e. The number of ketones is 1. The maximum absolute atomic E-state index is 13.2. The van der Waals surface area contributed by atoms with Gasteiger partial charge in [0.05, 0.1) is 12.3 Å². The van der Waals surface area contributed by atoms with Crippen LogP contribution in [0.5, 0.6) is 11.5 Å². The summed E-state index contributed by atoms with van der Waals surface area (Å²) in [6, 6.07) is 8.92. The molecular formula is C28H31F3N2O5S. The van der Waals surface area contributed by atoms with Crippen molar-refractivity contribution in [3.63, 3.8) is 0 Å². The van der Waals surface area contributed by atoms with Gasteiger partial charge in [0.25, 0.3) is 0 Å². The topological polar surface area (TPSA) is 117 Å². The Morgan fingerprint density at radius 1 is 1.10 bits per heavy atom. The summed E-state index contributed by atoms with van der Waals surface area (Å²) in [5.74, 6) is -1.11. The molecule has 210 valence electrons. The summed E-state index contributed by atoms with van der Waals surface area (Å²) in [6.45, 7) is 5.55. The normalized spacial score (nSPS) is 15.0. The number of carbonyl (C=O) groups excluding carboxylic acids is 1. The fourth-order valence-corrected chi connectivity index (χ4v) is 5.99. The highest BCUT2D eigenvalue weighted by Gasteiger charge is 2.32. The average Bonchev–Trinajstić information content (AvgIpc) is 3.38. The molecule has 11 heteroatoms. The van der Waals surface area contributed by atoms with E-state index in [9.17, 15) is 26.4 Å². The van der Waals surface area contributed by atoms with E-state index in [1.807, 2.05) is 0 Å². The van der Waals surface area contributed by atoms with Gasteiger partial charge in [-0.2, -0.15) is 0 Å². The number of hydrogen-bond donors (Lipinski definition) is 2. The van der Waals surface area contributed by atoms with Crippen molar-refractivity contribution in [3.05, 3.63) is 66.2 Å². The van der Waals surface area contributed by atoms with Crippen molar-refractivity contribution in [2.45, 2.75) is 56.7 Å². The Bertz CT molecular complexity index is 1350. The number of rotatable bonds is 12. The Morgan fingerprint density at radius 3 is 2.38 bits per heavy atom. The number of Topliss-reactive ketones (excluding diaryl/α,β-unsaturated/α-hetero) is 1. The summed E-state index contributed by atoms with van der Waals surface area (Å²) in [4.78, 5) is 12.7. The molecule has 0 aromatic heterocycles. The Labute approximate surface area is 226 Å². The van der Waals surface area contributed by atoms with Crippen LogP contribution in [0, 0.1) is 22.7 Å². The van der Waals surface area contributed by atoms with Crippen LogP contribution in [0.3, 0.4) is 0 Å². The van der Waals surface area contributed by atoms with Gasteiger partial charge in [0.1, 0.15) is 21.4 Å². The Morgan fingerprint density at radius 2 is 1.77 bits per heavy atom. The smallest absolute Gasteiger partial charge is 0.492 e. The van der Waals surface area contributed by atoms with E-state index in [2.05, 4.69) is 11.3 Å². The molecule has 7 nitrogen and oxygen atoms in total. The van der Waals surface area contributed by atoms with Gasteiger partial charge in [-0.25, -0.2) is 8.42 Å². The summed E-state index contributed by atoms with van der Waals surface area (Å²) in [5.41, 5.74) is 0.526. The maximum atomic E-state index is 13.2. The van der Waals surface area contributed by atoms with E-state index in [4.69, 9.17) is 15.6 Å². The van der Waals surface area contributed by atoms with Crippen LogP contribution in [0.1, 0.15) is 43.7 Å². The molecule has 0 saturated heterocycles. The SMILES string of the molecule is C=C[C@H](C(=O)C(=N)Cc1ccc(S(=O)(=O)C(=N)Cc2cccc(OC(F)(F)F)c2)c(OCC)c1)C1CCCC1. The highest BCUT2D eigenvalue weighted by molar-refractivity contribution is 8.06. The molecule has 0 unspecified atom stereocenters. The van der Waals surface area contributed by atoms with Crippen LogP contribution in [-0.4, -0.2) is 37.9 Å². The predicted molar refractivity (Wildman–Crippen MR) is 141 cm³/mol. The van der Waals surface area contributed by atoms with Gasteiger partial charge in [-0.1, -0.05) is 37.1 Å². The first-order chi connectivity index (χ1) is 18.4. The quantitative estimate of drug-likeness (QED) is 0.184. The largest absolute Gasteiger partial charge is 0.573 e. The first-order valence-corrected chi connectivity index (χ1v) is 14.0. The van der Waals surface area contributed by atoms with E-state index in [1.54, 1.807) is 13.0 Å². The van der Waals surface area contributed by atoms with Crippen LogP contribution in [0.2, 0.25) is 0 Å². The molecule has 0 radical (unpaired) electrons. The summed E-state index contributed by atoms with van der Waals surface area (Å²) in [5, 5.41) is 15.9. The highest BCUT2D eigenvalue weighted by Crippen LogP contribution is 2.33. The molecule has 2 N–H and O–H groups in total. The van der Waals surface area contributed by atoms with Crippen molar-refractivity contribution in [1.82, 2.24) is 0 Å². The van der Waals surface area contributed by atoms with Crippen molar-refractivity contribution in [1.29, 1.82) is 10.8 Å². The zero-order valence-corrected chi connectivity index (χ0v) is 22.3. The molecular weight excluding hydrogens is 533 g/mol. The zero-order valence-electron chi connectivity index (χ0n) is 21.5. The molecule has 2 aromatic carbocycles. The van der Waals surface area contributed by atoms with Crippen LogP contribution >= 0.6 is 0 Å². The molecule has 1 atom stereocenters. The lowest BCUT2D eigenvalue weighted by atomic mass is 9.84. The lowest BCUT2D eigenvalue weighted by Gasteiger charge is -2.19. The van der Waals surface area contributed by atoms with Crippen LogP contribution < -0.4 is 9.47 Å². The maximum Gasteiger partial charge on any atom is 0.573 e. The van der Waals surface area contributed by atoms with E-state index in [0.29, 0.717) is 5.56 Å². The molecule has 0 amide bonds. The number of allylic oxidation sites excluding steroid dienone is 1. The van der Waals surface area contributed by atoms with Gasteiger partial charge in [-0.15, -0.1) is 19.8 Å². The fourth-order valence-electron chi connectivity index (χ4n) is 4.74. The van der Waals surface area contributed by atoms with Crippen LogP contribution in [0.15, 0.2) is 60.0 Å². The van der Waals surface area contributed by atoms with Crippen LogP contribution in [-0.2, 0) is 27.5 Å². The Kier molecular flexibility index (Phi) is 9.71. The van der Waals surface area contributed by atoms with Crippen LogP contribution in [0.25, 0.3) is 0 Å². The number of alkyl halides is 3. The number of halogens is 3. The van der Waals surface area contributed by atoms with Gasteiger partial charge in [-0.05, 0) is 61.1 Å². The lowest BCUT2D eigenvalue weighted by Crippen LogP contribution is -2.28. The third kappa shape index (κ3) is 7.78. The average molecular weight is 565 g/mol. The third-order valence-electron chi connectivity index (χ3n) is 6.56. The second-order valence-corrected chi connectivity index (χ2v) is 11.3. The molecule has 0 bridgehead atoms. The minimum atomic E-state index is -4.91. The van der Waals surface area contributed by atoms with Crippen molar-refractivity contribution in [2.75, 3.05) is 6.61 Å². The van der Waals surface area contributed by atoms with Crippen molar-refractivity contribution < 1.29 is 35.9 Å². The minimum absolute atomic E-state index is 0.0280. The zero-order chi connectivity index (χ0) is 28.8. The number of nitrogens with one attached hydrogen (secondary N) is 2. The second kappa shape index (κ2) is 12.6. The van der Waals surface area contributed by atoms with Gasteiger partial charge in [0.2, 0.25) is 9.84 Å². The van der Waals surface area contributed by atoms with Gasteiger partial charge < -0.3 is 14.9 Å². The molecule has 0 spiro atoms. The van der Waals surface area contributed by atoms with E-state index < -0.39 is 39.3 Å². The van der Waals surface area contributed by atoms with E-state index in [-0.39, 0.29) is 46.6 Å². The number of ether oxygens (including phenoxy) is 2. The fraction of sp³-hybridized carbons (Fsp3) is 0.393. The molecule has 1 fully saturated rings. The molecule has 2 aromatic rings. The predicted octanol–water partition coefficient (Wildman–Crippen LogP) is 6.10. The third-order valence-corrected chi connectivity index (χ3v) is 8.27. The highest BCUT2D eigenvalue weighted by atomic mass is 32.2. The van der Waals surface area contributed by atoms with Crippen molar-refractivity contribution in [2.24, 2.45) is 11.8 Å². The van der Waals surface area contributed by atoms with Crippen molar-refractivity contribution in [3.8, 4) is 11.5 Å². The standard InChI is InChI=1S/C28H31F3N2O5S/c1-3-22(20-9-5-6-10-20)27(34)23(32)15-19-12-13-25(24(16-19)37-4-2)39(35,36)26(33)17-18-8-7-11-21(14-18)38-28(29,30)31/h3,7-8,11-14,16,20,22,32-33H,1,4-6,9-10,15,17H2,2H3/t22-/m0/s1. The monoisotopic (exact) mass is 564 g/mol. The Hall–Kier alpha value is -3.47.